The van der Waals surface area contributed by atoms with Gasteiger partial charge in [-0.3, -0.25) is 0 Å². The van der Waals surface area contributed by atoms with Crippen LogP contribution in [0.5, 0.6) is 5.75 Å². The van der Waals surface area contributed by atoms with Crippen molar-refractivity contribution in [1.82, 2.24) is 0 Å². The van der Waals surface area contributed by atoms with E-state index in [2.05, 4.69) is 30.7 Å². The van der Waals surface area contributed by atoms with E-state index in [4.69, 9.17) is 5.11 Å². The highest BCUT2D eigenvalue weighted by molar-refractivity contribution is 5.61. The van der Waals surface area contributed by atoms with Crippen LogP contribution >= 0.6 is 0 Å². The van der Waals surface area contributed by atoms with E-state index in [1.807, 2.05) is 30.3 Å². The molecule has 0 spiro atoms. The number of benzene rings is 2. The molecule has 0 amide bonds. The summed E-state index contributed by atoms with van der Waals surface area (Å²) in [6.45, 7) is 4.27. The van der Waals surface area contributed by atoms with Crippen LogP contribution in [0.3, 0.4) is 0 Å². The number of carboxylic acid groups (broad SMARTS) is 1. The second-order valence-electron chi connectivity index (χ2n) is 4.88. The Balaban J connectivity index is 2.29. The fraction of sp³-hybridized carbons (Fsp3) is 0.188. The van der Waals surface area contributed by atoms with E-state index in [9.17, 15) is 4.79 Å². The molecule has 0 atom stereocenters. The van der Waals surface area contributed by atoms with E-state index in [0.29, 0.717) is 5.75 Å². The van der Waals surface area contributed by atoms with Crippen LogP contribution in [0.1, 0.15) is 25.0 Å². The van der Waals surface area contributed by atoms with E-state index >= 15 is 0 Å². The number of hydrogen-bond acceptors (Lipinski definition) is 2. The molecular formula is C16H16O3. The van der Waals surface area contributed by atoms with Crippen molar-refractivity contribution in [3.05, 3.63) is 65.7 Å². The van der Waals surface area contributed by atoms with Crippen molar-refractivity contribution in [2.75, 3.05) is 0 Å². The van der Waals surface area contributed by atoms with Gasteiger partial charge < -0.3 is 9.84 Å². The quantitative estimate of drug-likeness (QED) is 0.665. The summed E-state index contributed by atoms with van der Waals surface area (Å²) in [4.78, 5) is 10.4. The van der Waals surface area contributed by atoms with Gasteiger partial charge in [0.05, 0.1) is 0 Å². The monoisotopic (exact) mass is 256 g/mol. The zero-order chi connectivity index (χ0) is 13.9. The molecule has 3 heteroatoms. The number of hydrogen-bond donors (Lipinski definition) is 1. The van der Waals surface area contributed by atoms with Gasteiger partial charge in [-0.25, -0.2) is 4.79 Å². The van der Waals surface area contributed by atoms with Crippen molar-refractivity contribution in [1.29, 1.82) is 0 Å². The van der Waals surface area contributed by atoms with Crippen LogP contribution in [0, 0.1) is 0 Å². The summed E-state index contributed by atoms with van der Waals surface area (Å²) in [6, 6.07) is 17.3. The smallest absolute Gasteiger partial charge is 0.449 e. The third kappa shape index (κ3) is 2.94. The first-order valence-corrected chi connectivity index (χ1v) is 6.07. The van der Waals surface area contributed by atoms with Gasteiger partial charge in [0, 0.05) is 5.41 Å². The van der Waals surface area contributed by atoms with Crippen LogP contribution in [0.15, 0.2) is 54.6 Å². The lowest BCUT2D eigenvalue weighted by Crippen LogP contribution is -2.18. The second-order valence-corrected chi connectivity index (χ2v) is 4.88. The van der Waals surface area contributed by atoms with Crippen molar-refractivity contribution in [2.24, 2.45) is 0 Å². The van der Waals surface area contributed by atoms with Crippen LogP contribution in [0.4, 0.5) is 4.79 Å². The molecule has 0 fully saturated rings. The summed E-state index contributed by atoms with van der Waals surface area (Å²) in [5.41, 5.74) is 2.18. The van der Waals surface area contributed by atoms with Crippen molar-refractivity contribution in [2.45, 2.75) is 19.3 Å². The second kappa shape index (κ2) is 5.14. The Labute approximate surface area is 112 Å². The Kier molecular flexibility index (Phi) is 3.56. The molecule has 0 aromatic heterocycles. The van der Waals surface area contributed by atoms with Crippen LogP contribution in [-0.4, -0.2) is 11.3 Å². The summed E-state index contributed by atoms with van der Waals surface area (Å²) >= 11 is 0. The summed E-state index contributed by atoms with van der Waals surface area (Å²) < 4.78 is 4.60. The fourth-order valence-corrected chi connectivity index (χ4v) is 2.06. The van der Waals surface area contributed by atoms with Gasteiger partial charge in [0.15, 0.2) is 0 Å². The molecule has 19 heavy (non-hydrogen) atoms. The molecule has 3 nitrogen and oxygen atoms in total. The number of rotatable bonds is 3. The van der Waals surface area contributed by atoms with Crippen molar-refractivity contribution in [3.8, 4) is 5.75 Å². The highest BCUT2D eigenvalue weighted by Gasteiger charge is 2.22. The zero-order valence-corrected chi connectivity index (χ0v) is 11.0. The van der Waals surface area contributed by atoms with Crippen LogP contribution in [0.25, 0.3) is 0 Å². The van der Waals surface area contributed by atoms with Crippen LogP contribution < -0.4 is 4.74 Å². The Morgan fingerprint density at radius 2 is 1.47 bits per heavy atom. The van der Waals surface area contributed by atoms with Gasteiger partial charge in [-0.2, -0.15) is 0 Å². The van der Waals surface area contributed by atoms with Gasteiger partial charge in [-0.1, -0.05) is 56.3 Å². The minimum atomic E-state index is -1.30. The highest BCUT2D eigenvalue weighted by Crippen LogP contribution is 2.32. The Morgan fingerprint density at radius 3 is 2.00 bits per heavy atom. The van der Waals surface area contributed by atoms with Crippen molar-refractivity contribution < 1.29 is 14.6 Å². The summed E-state index contributed by atoms with van der Waals surface area (Å²) in [5.74, 6) is 0.333. The van der Waals surface area contributed by atoms with Gasteiger partial charge in [0.2, 0.25) is 0 Å². The maximum Gasteiger partial charge on any atom is 0.511 e. The predicted molar refractivity (Wildman–Crippen MR) is 73.7 cm³/mol. The fourth-order valence-electron chi connectivity index (χ4n) is 2.06. The largest absolute Gasteiger partial charge is 0.511 e. The topological polar surface area (TPSA) is 46.5 Å². The maximum absolute atomic E-state index is 10.4. The van der Waals surface area contributed by atoms with E-state index in [1.54, 1.807) is 12.1 Å². The van der Waals surface area contributed by atoms with E-state index in [0.717, 1.165) is 5.56 Å². The molecule has 98 valence electrons. The molecule has 0 bridgehead atoms. The molecular weight excluding hydrogens is 240 g/mol. The van der Waals surface area contributed by atoms with Crippen molar-refractivity contribution >= 4 is 6.16 Å². The molecule has 0 aliphatic rings. The SMILES string of the molecule is CC(C)(c1ccccc1)c1ccc(OC(=O)O)cc1. The average molecular weight is 256 g/mol. The Morgan fingerprint density at radius 1 is 0.947 bits per heavy atom. The highest BCUT2D eigenvalue weighted by atomic mass is 16.7. The van der Waals surface area contributed by atoms with Crippen LogP contribution in [-0.2, 0) is 5.41 Å². The van der Waals surface area contributed by atoms with E-state index < -0.39 is 6.16 Å². The van der Waals surface area contributed by atoms with Gasteiger partial charge in [-0.15, -0.1) is 0 Å². The predicted octanol–water partition coefficient (Wildman–Crippen LogP) is 4.07. The summed E-state index contributed by atoms with van der Waals surface area (Å²) in [5, 5.41) is 8.55. The third-order valence-corrected chi connectivity index (χ3v) is 3.28. The summed E-state index contributed by atoms with van der Waals surface area (Å²) in [7, 11) is 0. The number of ether oxygens (including phenoxy) is 1. The molecule has 2 aromatic rings. The molecule has 0 radical (unpaired) electrons. The zero-order valence-electron chi connectivity index (χ0n) is 11.0. The summed E-state index contributed by atoms with van der Waals surface area (Å²) in [6.07, 6.45) is -1.30. The first-order valence-electron chi connectivity index (χ1n) is 6.07. The lowest BCUT2D eigenvalue weighted by atomic mass is 9.78. The maximum atomic E-state index is 10.4. The lowest BCUT2D eigenvalue weighted by molar-refractivity contribution is 0.144. The lowest BCUT2D eigenvalue weighted by Gasteiger charge is -2.26. The average Bonchev–Trinajstić information content (AvgIpc) is 2.40. The minimum absolute atomic E-state index is 0.136. The standard InChI is InChI=1S/C16H16O3/c1-16(2,12-6-4-3-5-7-12)13-8-10-14(11-9-13)19-15(17)18/h3-11H,1-2H3,(H,17,18). The Bertz CT molecular complexity index is 556. The Hall–Kier alpha value is -2.29. The van der Waals surface area contributed by atoms with Gasteiger partial charge in [-0.05, 0) is 23.3 Å². The molecule has 0 aliphatic carbocycles. The molecule has 0 saturated heterocycles. The molecule has 2 aromatic carbocycles. The number of carbonyl (C=O) groups is 1. The third-order valence-electron chi connectivity index (χ3n) is 3.28. The molecule has 0 aliphatic heterocycles. The molecule has 0 heterocycles. The molecule has 0 saturated carbocycles. The van der Waals surface area contributed by atoms with Gasteiger partial charge >= 0.3 is 6.16 Å². The molecule has 0 unspecified atom stereocenters. The first-order chi connectivity index (χ1) is 9.00. The van der Waals surface area contributed by atoms with Gasteiger partial charge in [0.25, 0.3) is 0 Å². The van der Waals surface area contributed by atoms with Crippen LogP contribution in [0.2, 0.25) is 0 Å². The minimum Gasteiger partial charge on any atom is -0.449 e. The normalized spacial score (nSPS) is 11.1. The van der Waals surface area contributed by atoms with E-state index in [-0.39, 0.29) is 5.41 Å². The van der Waals surface area contributed by atoms with Crippen molar-refractivity contribution in [3.63, 3.8) is 0 Å². The molecule has 1 N–H and O–H groups in total. The first kappa shape index (κ1) is 13.1. The van der Waals surface area contributed by atoms with E-state index in [1.165, 1.54) is 5.56 Å². The molecule has 2 rings (SSSR count). The van der Waals surface area contributed by atoms with Gasteiger partial charge in [0.1, 0.15) is 5.75 Å².